The summed E-state index contributed by atoms with van der Waals surface area (Å²) in [4.78, 5) is 39.9. The van der Waals surface area contributed by atoms with E-state index in [9.17, 15) is 19.7 Å². The van der Waals surface area contributed by atoms with Gasteiger partial charge in [0.05, 0.1) is 23.4 Å². The fourth-order valence-corrected chi connectivity index (χ4v) is 2.38. The Bertz CT molecular complexity index is 554. The molecule has 0 bridgehead atoms. The van der Waals surface area contributed by atoms with Crippen molar-refractivity contribution in [3.8, 4) is 0 Å². The van der Waals surface area contributed by atoms with E-state index in [1.165, 1.54) is 12.3 Å². The molecule has 21 heavy (non-hydrogen) atoms. The van der Waals surface area contributed by atoms with Gasteiger partial charge >= 0.3 is 0 Å². The SMILES string of the molecule is CC(=O)N1CCCN(CC(=O)c2cc([N+](=O)[O-])c[nH]2)CC1. The van der Waals surface area contributed by atoms with Crippen LogP contribution in [0.1, 0.15) is 23.8 Å². The molecule has 1 aromatic heterocycles. The summed E-state index contributed by atoms with van der Waals surface area (Å²) in [6, 6.07) is 1.25. The number of aromatic amines is 1. The molecule has 0 aliphatic carbocycles. The Morgan fingerprint density at radius 3 is 2.71 bits per heavy atom. The first-order valence-corrected chi connectivity index (χ1v) is 6.81. The lowest BCUT2D eigenvalue weighted by molar-refractivity contribution is -0.384. The van der Waals surface area contributed by atoms with E-state index in [-0.39, 0.29) is 29.6 Å². The lowest BCUT2D eigenvalue weighted by Gasteiger charge is -2.20. The first-order valence-electron chi connectivity index (χ1n) is 6.81. The van der Waals surface area contributed by atoms with E-state index in [0.29, 0.717) is 19.6 Å². The molecule has 1 N–H and O–H groups in total. The summed E-state index contributed by atoms with van der Waals surface area (Å²) in [5.41, 5.74) is 0.131. The Balaban J connectivity index is 1.93. The number of H-pyrrole nitrogens is 1. The second kappa shape index (κ2) is 6.49. The maximum Gasteiger partial charge on any atom is 0.287 e. The number of Topliss-reactive ketones (excluding diaryl/α,β-unsaturated/α-hetero) is 1. The lowest BCUT2D eigenvalue weighted by atomic mass is 10.2. The van der Waals surface area contributed by atoms with Gasteiger partial charge in [-0.1, -0.05) is 0 Å². The molecule has 1 aliphatic heterocycles. The number of carbonyl (C=O) groups is 2. The van der Waals surface area contributed by atoms with E-state index in [1.807, 2.05) is 4.90 Å². The summed E-state index contributed by atoms with van der Waals surface area (Å²) in [6.45, 7) is 4.41. The largest absolute Gasteiger partial charge is 0.353 e. The van der Waals surface area contributed by atoms with Crippen LogP contribution in [-0.4, -0.2) is 64.1 Å². The van der Waals surface area contributed by atoms with Crippen LogP contribution in [0.5, 0.6) is 0 Å². The minimum Gasteiger partial charge on any atom is -0.353 e. The fraction of sp³-hybridized carbons (Fsp3) is 0.538. The molecule has 1 saturated heterocycles. The molecule has 0 spiro atoms. The van der Waals surface area contributed by atoms with Crippen molar-refractivity contribution in [3.63, 3.8) is 0 Å². The predicted molar refractivity (Wildman–Crippen MR) is 75.1 cm³/mol. The number of rotatable bonds is 4. The summed E-state index contributed by atoms with van der Waals surface area (Å²) in [6.07, 6.45) is 2.03. The topological polar surface area (TPSA) is 99.6 Å². The first-order chi connectivity index (χ1) is 9.97. The molecule has 2 rings (SSSR count). The monoisotopic (exact) mass is 294 g/mol. The van der Waals surface area contributed by atoms with Crippen LogP contribution in [0.15, 0.2) is 12.3 Å². The van der Waals surface area contributed by atoms with Crippen LogP contribution in [0.4, 0.5) is 5.69 Å². The molecule has 1 aromatic rings. The molecule has 2 heterocycles. The molecule has 0 aromatic carbocycles. The summed E-state index contributed by atoms with van der Waals surface area (Å²) in [5, 5.41) is 10.6. The zero-order chi connectivity index (χ0) is 15.4. The molecule has 0 unspecified atom stereocenters. The second-order valence-electron chi connectivity index (χ2n) is 5.09. The number of nitrogens with one attached hydrogen (secondary N) is 1. The summed E-state index contributed by atoms with van der Waals surface area (Å²) < 4.78 is 0. The molecule has 1 amide bonds. The average Bonchev–Trinajstić information content (AvgIpc) is 2.81. The minimum absolute atomic E-state index is 0.0446. The van der Waals surface area contributed by atoms with E-state index in [4.69, 9.17) is 0 Å². The van der Waals surface area contributed by atoms with E-state index in [0.717, 1.165) is 13.0 Å². The molecular weight excluding hydrogens is 276 g/mol. The molecule has 8 heteroatoms. The van der Waals surface area contributed by atoms with Gasteiger partial charge in [0, 0.05) is 39.2 Å². The molecule has 0 radical (unpaired) electrons. The van der Waals surface area contributed by atoms with Crippen molar-refractivity contribution in [2.75, 3.05) is 32.7 Å². The van der Waals surface area contributed by atoms with Crippen molar-refractivity contribution in [2.24, 2.45) is 0 Å². The Morgan fingerprint density at radius 1 is 1.33 bits per heavy atom. The van der Waals surface area contributed by atoms with Crippen molar-refractivity contribution in [1.29, 1.82) is 0 Å². The van der Waals surface area contributed by atoms with Crippen LogP contribution in [0.3, 0.4) is 0 Å². The van der Waals surface area contributed by atoms with Gasteiger partial charge in [0.2, 0.25) is 5.91 Å². The van der Waals surface area contributed by atoms with Gasteiger partial charge in [0.25, 0.3) is 5.69 Å². The number of hydrogen-bond acceptors (Lipinski definition) is 5. The van der Waals surface area contributed by atoms with Crippen LogP contribution in [-0.2, 0) is 4.79 Å². The third kappa shape index (κ3) is 3.88. The standard InChI is InChI=1S/C13H18N4O4/c1-10(18)16-4-2-3-15(5-6-16)9-13(19)12-7-11(8-14-12)17(20)21/h7-8,14H,2-6,9H2,1H3. The van der Waals surface area contributed by atoms with Gasteiger partial charge in [-0.2, -0.15) is 0 Å². The summed E-state index contributed by atoms with van der Waals surface area (Å²) >= 11 is 0. The Kier molecular flexibility index (Phi) is 4.69. The Morgan fingerprint density at radius 2 is 2.10 bits per heavy atom. The van der Waals surface area contributed by atoms with Gasteiger partial charge in [0.1, 0.15) is 0 Å². The van der Waals surface area contributed by atoms with Crippen molar-refractivity contribution >= 4 is 17.4 Å². The normalized spacial score (nSPS) is 16.5. The smallest absolute Gasteiger partial charge is 0.287 e. The van der Waals surface area contributed by atoms with Gasteiger partial charge < -0.3 is 9.88 Å². The maximum atomic E-state index is 12.1. The van der Waals surface area contributed by atoms with Gasteiger partial charge in [-0.25, -0.2) is 0 Å². The van der Waals surface area contributed by atoms with Gasteiger partial charge in [-0.15, -0.1) is 0 Å². The highest BCUT2D eigenvalue weighted by Crippen LogP contribution is 2.13. The fourth-order valence-electron chi connectivity index (χ4n) is 2.38. The highest BCUT2D eigenvalue weighted by molar-refractivity contribution is 5.96. The lowest BCUT2D eigenvalue weighted by Crippen LogP contribution is -2.35. The van der Waals surface area contributed by atoms with Gasteiger partial charge in [-0.05, 0) is 6.42 Å². The summed E-state index contributed by atoms with van der Waals surface area (Å²) in [5.74, 6) is -0.137. The van der Waals surface area contributed by atoms with Crippen LogP contribution >= 0.6 is 0 Å². The van der Waals surface area contributed by atoms with Crippen LogP contribution in [0.2, 0.25) is 0 Å². The van der Waals surface area contributed by atoms with E-state index in [2.05, 4.69) is 4.98 Å². The van der Waals surface area contributed by atoms with Crippen LogP contribution in [0.25, 0.3) is 0 Å². The highest BCUT2D eigenvalue weighted by atomic mass is 16.6. The van der Waals surface area contributed by atoms with Crippen LogP contribution < -0.4 is 0 Å². The van der Waals surface area contributed by atoms with Crippen molar-refractivity contribution in [1.82, 2.24) is 14.8 Å². The molecule has 114 valence electrons. The number of nitrogens with zero attached hydrogens (tertiary/aromatic N) is 3. The molecule has 1 aliphatic rings. The first kappa shape index (κ1) is 15.2. The number of hydrogen-bond donors (Lipinski definition) is 1. The number of ketones is 1. The molecule has 1 fully saturated rings. The Labute approximate surface area is 121 Å². The van der Waals surface area contributed by atoms with Gasteiger partial charge in [0.15, 0.2) is 5.78 Å². The van der Waals surface area contributed by atoms with E-state index in [1.54, 1.807) is 11.8 Å². The van der Waals surface area contributed by atoms with Crippen LogP contribution in [0, 0.1) is 10.1 Å². The van der Waals surface area contributed by atoms with Crippen molar-refractivity contribution < 1.29 is 14.5 Å². The number of nitro groups is 1. The third-order valence-corrected chi connectivity index (χ3v) is 3.58. The zero-order valence-electron chi connectivity index (χ0n) is 11.9. The second-order valence-corrected chi connectivity index (χ2v) is 5.09. The number of aromatic nitrogens is 1. The predicted octanol–water partition coefficient (Wildman–Crippen LogP) is 0.660. The highest BCUT2D eigenvalue weighted by Gasteiger charge is 2.20. The average molecular weight is 294 g/mol. The molecular formula is C13H18N4O4. The van der Waals surface area contributed by atoms with E-state index < -0.39 is 4.92 Å². The number of amides is 1. The Hall–Kier alpha value is -2.22. The van der Waals surface area contributed by atoms with Gasteiger partial charge in [-0.3, -0.25) is 24.6 Å². The minimum atomic E-state index is -0.538. The maximum absolute atomic E-state index is 12.1. The number of carbonyl (C=O) groups excluding carboxylic acids is 2. The molecule has 8 nitrogen and oxygen atoms in total. The quantitative estimate of drug-likeness (QED) is 0.499. The zero-order valence-corrected chi connectivity index (χ0v) is 11.9. The molecule has 0 atom stereocenters. The van der Waals surface area contributed by atoms with Crippen molar-refractivity contribution in [3.05, 3.63) is 28.1 Å². The molecule has 0 saturated carbocycles. The summed E-state index contributed by atoms with van der Waals surface area (Å²) in [7, 11) is 0. The van der Waals surface area contributed by atoms with E-state index >= 15 is 0 Å². The third-order valence-electron chi connectivity index (χ3n) is 3.58. The van der Waals surface area contributed by atoms with Crippen molar-refractivity contribution in [2.45, 2.75) is 13.3 Å².